The van der Waals surface area contributed by atoms with Crippen molar-refractivity contribution >= 4 is 11.9 Å². The van der Waals surface area contributed by atoms with Gasteiger partial charge in [0, 0.05) is 13.0 Å². The van der Waals surface area contributed by atoms with Gasteiger partial charge < -0.3 is 10.0 Å². The number of carbonyl (C=O) groups excluding carboxylic acids is 1. The molecule has 0 radical (unpaired) electrons. The number of hydrogen-bond acceptors (Lipinski definition) is 2. The Morgan fingerprint density at radius 1 is 1.28 bits per heavy atom. The number of nitrogens with zero attached hydrogens (tertiary/aromatic N) is 1. The number of halogens is 3. The van der Waals surface area contributed by atoms with Crippen molar-refractivity contribution in [3.05, 3.63) is 0 Å². The number of amides is 1. The van der Waals surface area contributed by atoms with Crippen LogP contribution in [-0.4, -0.2) is 41.7 Å². The summed E-state index contributed by atoms with van der Waals surface area (Å²) in [7, 11) is 1.10. The average molecular weight is 267 g/mol. The first-order valence-corrected chi connectivity index (χ1v) is 5.75. The van der Waals surface area contributed by atoms with Crippen LogP contribution in [0.2, 0.25) is 0 Å². The van der Waals surface area contributed by atoms with Crippen LogP contribution in [-0.2, 0) is 9.59 Å². The number of hydrogen-bond donors (Lipinski definition) is 1. The fourth-order valence-corrected chi connectivity index (χ4v) is 2.30. The van der Waals surface area contributed by atoms with E-state index in [0.717, 1.165) is 7.05 Å². The first kappa shape index (κ1) is 14.8. The standard InChI is InChI=1S/C11H16F3NO3/c1-15(6-11(12,13)14)9(16)7-3-2-4-8(5-7)10(17)18/h7-8H,2-6H2,1H3,(H,17,18)/t7-,8+/m1/s1. The van der Waals surface area contributed by atoms with Crippen LogP contribution in [0.25, 0.3) is 0 Å². The maximum absolute atomic E-state index is 12.2. The molecule has 0 aromatic rings. The van der Waals surface area contributed by atoms with Crippen LogP contribution in [0.4, 0.5) is 13.2 Å². The molecule has 0 spiro atoms. The van der Waals surface area contributed by atoms with Crippen molar-refractivity contribution in [3.8, 4) is 0 Å². The summed E-state index contributed by atoms with van der Waals surface area (Å²) in [6.45, 7) is -1.29. The number of rotatable bonds is 3. The number of aliphatic carboxylic acids is 1. The zero-order valence-corrected chi connectivity index (χ0v) is 10.0. The second kappa shape index (κ2) is 5.58. The molecule has 7 heteroatoms. The van der Waals surface area contributed by atoms with Gasteiger partial charge in [-0.1, -0.05) is 6.42 Å². The smallest absolute Gasteiger partial charge is 0.406 e. The predicted octanol–water partition coefficient (Wildman–Crippen LogP) is 1.90. The lowest BCUT2D eigenvalue weighted by Crippen LogP contribution is -2.41. The lowest BCUT2D eigenvalue weighted by atomic mass is 9.81. The highest BCUT2D eigenvalue weighted by Gasteiger charge is 2.36. The molecule has 1 aliphatic carbocycles. The number of carbonyl (C=O) groups is 2. The third kappa shape index (κ3) is 4.19. The van der Waals surface area contributed by atoms with E-state index in [4.69, 9.17) is 5.11 Å². The molecule has 1 rings (SSSR count). The molecule has 0 aliphatic heterocycles. The molecule has 0 aromatic carbocycles. The van der Waals surface area contributed by atoms with Crippen molar-refractivity contribution in [1.29, 1.82) is 0 Å². The van der Waals surface area contributed by atoms with Crippen molar-refractivity contribution in [3.63, 3.8) is 0 Å². The molecule has 4 nitrogen and oxygen atoms in total. The zero-order chi connectivity index (χ0) is 13.9. The first-order chi connectivity index (χ1) is 8.20. The van der Waals surface area contributed by atoms with Gasteiger partial charge in [-0.3, -0.25) is 9.59 Å². The summed E-state index contributed by atoms with van der Waals surface area (Å²) >= 11 is 0. The topological polar surface area (TPSA) is 57.6 Å². The Labute approximate surface area is 103 Å². The minimum absolute atomic E-state index is 0.135. The van der Waals surface area contributed by atoms with Gasteiger partial charge >= 0.3 is 12.1 Å². The largest absolute Gasteiger partial charge is 0.481 e. The van der Waals surface area contributed by atoms with E-state index in [1.807, 2.05) is 0 Å². The van der Waals surface area contributed by atoms with Crippen molar-refractivity contribution in [2.45, 2.75) is 31.9 Å². The third-order valence-electron chi connectivity index (χ3n) is 3.17. The molecule has 1 fully saturated rings. The molecule has 2 atom stereocenters. The van der Waals surface area contributed by atoms with E-state index in [2.05, 4.69) is 0 Å². The molecular weight excluding hydrogens is 251 g/mol. The Kier molecular flexibility index (Phi) is 4.59. The highest BCUT2D eigenvalue weighted by atomic mass is 19.4. The lowest BCUT2D eigenvalue weighted by Gasteiger charge is -2.29. The van der Waals surface area contributed by atoms with Gasteiger partial charge in [-0.15, -0.1) is 0 Å². The van der Waals surface area contributed by atoms with Gasteiger partial charge in [0.15, 0.2) is 0 Å². The molecule has 0 saturated heterocycles. The second-order valence-corrected chi connectivity index (χ2v) is 4.71. The molecule has 1 aliphatic rings. The van der Waals surface area contributed by atoms with Crippen LogP contribution >= 0.6 is 0 Å². The van der Waals surface area contributed by atoms with Crippen LogP contribution in [0.1, 0.15) is 25.7 Å². The molecular formula is C11H16F3NO3. The normalized spacial score (nSPS) is 24.7. The Bertz CT molecular complexity index is 330. The van der Waals surface area contributed by atoms with Crippen molar-refractivity contribution in [2.24, 2.45) is 11.8 Å². The molecule has 0 unspecified atom stereocenters. The van der Waals surface area contributed by atoms with Gasteiger partial charge in [0.05, 0.1) is 5.92 Å². The summed E-state index contributed by atoms with van der Waals surface area (Å²) in [6.07, 6.45) is -2.78. The van der Waals surface area contributed by atoms with Gasteiger partial charge in [-0.2, -0.15) is 13.2 Å². The van der Waals surface area contributed by atoms with E-state index < -0.39 is 36.4 Å². The molecule has 104 valence electrons. The molecule has 0 heterocycles. The fourth-order valence-electron chi connectivity index (χ4n) is 2.30. The Balaban J connectivity index is 2.58. The zero-order valence-electron chi connectivity index (χ0n) is 10.0. The van der Waals surface area contributed by atoms with Gasteiger partial charge in [0.25, 0.3) is 0 Å². The van der Waals surface area contributed by atoms with Gasteiger partial charge in [0.2, 0.25) is 5.91 Å². The minimum atomic E-state index is -4.43. The Hall–Kier alpha value is -1.27. The van der Waals surface area contributed by atoms with Gasteiger partial charge in [0.1, 0.15) is 6.54 Å². The van der Waals surface area contributed by atoms with Crippen LogP contribution in [0.15, 0.2) is 0 Å². The fraction of sp³-hybridized carbons (Fsp3) is 0.818. The Morgan fingerprint density at radius 3 is 2.33 bits per heavy atom. The summed E-state index contributed by atoms with van der Waals surface area (Å²) in [6, 6.07) is 0. The molecule has 1 saturated carbocycles. The van der Waals surface area contributed by atoms with E-state index >= 15 is 0 Å². The van der Waals surface area contributed by atoms with Crippen molar-refractivity contribution in [1.82, 2.24) is 4.90 Å². The van der Waals surface area contributed by atoms with Crippen LogP contribution in [0.5, 0.6) is 0 Å². The predicted molar refractivity (Wildman–Crippen MR) is 56.8 cm³/mol. The van der Waals surface area contributed by atoms with Gasteiger partial charge in [-0.05, 0) is 19.3 Å². The lowest BCUT2D eigenvalue weighted by molar-refractivity contribution is -0.162. The van der Waals surface area contributed by atoms with Crippen LogP contribution in [0, 0.1) is 11.8 Å². The summed E-state index contributed by atoms with van der Waals surface area (Å²) in [4.78, 5) is 23.2. The second-order valence-electron chi connectivity index (χ2n) is 4.71. The molecule has 0 aromatic heterocycles. The average Bonchev–Trinajstić information content (AvgIpc) is 2.26. The molecule has 1 amide bonds. The van der Waals surface area contributed by atoms with Crippen LogP contribution in [0.3, 0.4) is 0 Å². The van der Waals surface area contributed by atoms with E-state index in [0.29, 0.717) is 24.2 Å². The van der Waals surface area contributed by atoms with E-state index in [1.54, 1.807) is 0 Å². The molecule has 0 bridgehead atoms. The Morgan fingerprint density at radius 2 is 1.83 bits per heavy atom. The quantitative estimate of drug-likeness (QED) is 0.849. The monoisotopic (exact) mass is 267 g/mol. The summed E-state index contributed by atoms with van der Waals surface area (Å²) in [5.74, 6) is -2.82. The number of alkyl halides is 3. The maximum Gasteiger partial charge on any atom is 0.406 e. The summed E-state index contributed by atoms with van der Waals surface area (Å²) < 4.78 is 36.5. The third-order valence-corrected chi connectivity index (χ3v) is 3.17. The maximum atomic E-state index is 12.2. The van der Waals surface area contributed by atoms with E-state index in [-0.39, 0.29) is 6.42 Å². The summed E-state index contributed by atoms with van der Waals surface area (Å²) in [5.41, 5.74) is 0. The van der Waals surface area contributed by atoms with E-state index in [9.17, 15) is 22.8 Å². The van der Waals surface area contributed by atoms with Crippen molar-refractivity contribution in [2.75, 3.05) is 13.6 Å². The number of carboxylic acid groups (broad SMARTS) is 1. The van der Waals surface area contributed by atoms with Crippen LogP contribution < -0.4 is 0 Å². The van der Waals surface area contributed by atoms with Gasteiger partial charge in [-0.25, -0.2) is 0 Å². The number of carboxylic acids is 1. The van der Waals surface area contributed by atoms with E-state index in [1.165, 1.54) is 0 Å². The molecule has 18 heavy (non-hydrogen) atoms. The first-order valence-electron chi connectivity index (χ1n) is 5.75. The minimum Gasteiger partial charge on any atom is -0.481 e. The highest BCUT2D eigenvalue weighted by molar-refractivity contribution is 5.80. The molecule has 1 N–H and O–H groups in total. The summed E-state index contributed by atoms with van der Waals surface area (Å²) in [5, 5.41) is 8.86. The van der Waals surface area contributed by atoms with Crippen molar-refractivity contribution < 1.29 is 27.9 Å². The highest BCUT2D eigenvalue weighted by Crippen LogP contribution is 2.31. The SMILES string of the molecule is CN(CC(F)(F)F)C(=O)[C@@H]1CCC[C@H](C(=O)O)C1.